The van der Waals surface area contributed by atoms with Crippen LogP contribution >= 0.6 is 0 Å². The lowest BCUT2D eigenvalue weighted by atomic mass is 9.78. The second kappa shape index (κ2) is 8.19. The van der Waals surface area contributed by atoms with Crippen LogP contribution in [-0.2, 0) is 9.59 Å². The molecule has 1 saturated carbocycles. The van der Waals surface area contributed by atoms with Crippen LogP contribution in [0.5, 0.6) is 5.75 Å². The third-order valence-corrected chi connectivity index (χ3v) is 5.21. The Kier molecular flexibility index (Phi) is 5.74. The van der Waals surface area contributed by atoms with Crippen molar-refractivity contribution in [3.8, 4) is 5.75 Å². The predicted molar refractivity (Wildman–Crippen MR) is 96.9 cm³/mol. The molecular weight excluding hydrogens is 316 g/mol. The number of carbonyl (C=O) groups is 2. The molecular formula is C20H26N2O3. The van der Waals surface area contributed by atoms with Crippen LogP contribution in [0.4, 0.5) is 0 Å². The average Bonchev–Trinajstić information content (AvgIpc) is 2.64. The number of rotatable bonds is 5. The molecule has 1 aliphatic carbocycles. The van der Waals surface area contributed by atoms with Gasteiger partial charge in [-0.15, -0.1) is 0 Å². The molecule has 0 aromatic heterocycles. The van der Waals surface area contributed by atoms with E-state index in [0.29, 0.717) is 17.7 Å². The zero-order chi connectivity index (χ0) is 17.6. The number of primary amides is 1. The number of hydrogen-bond acceptors (Lipinski definition) is 3. The molecule has 1 saturated heterocycles. The number of fused-ring (bicyclic) bond motifs is 1. The number of nitrogens with zero attached hydrogens (tertiary/aromatic N) is 1. The van der Waals surface area contributed by atoms with Gasteiger partial charge in [-0.25, -0.2) is 0 Å². The number of carbonyl (C=O) groups excluding carboxylic acids is 2. The van der Waals surface area contributed by atoms with Crippen LogP contribution in [0.15, 0.2) is 30.3 Å². The van der Waals surface area contributed by atoms with Crippen molar-refractivity contribution < 1.29 is 14.3 Å². The van der Waals surface area contributed by atoms with E-state index in [1.165, 1.54) is 25.7 Å². The highest BCUT2D eigenvalue weighted by atomic mass is 16.5. The molecule has 0 spiro atoms. The molecule has 5 nitrogen and oxygen atoms in total. The van der Waals surface area contributed by atoms with Crippen molar-refractivity contribution in [1.82, 2.24) is 4.90 Å². The van der Waals surface area contributed by atoms with Crippen LogP contribution in [0, 0.1) is 5.92 Å². The Morgan fingerprint density at radius 2 is 1.84 bits per heavy atom. The van der Waals surface area contributed by atoms with Gasteiger partial charge in [0.25, 0.3) is 5.91 Å². The minimum absolute atomic E-state index is 0.116. The van der Waals surface area contributed by atoms with Crippen LogP contribution in [-0.4, -0.2) is 35.9 Å². The number of amides is 2. The Balaban J connectivity index is 1.59. The summed E-state index contributed by atoms with van der Waals surface area (Å²) >= 11 is 0. The van der Waals surface area contributed by atoms with Crippen LogP contribution in [0.25, 0.3) is 6.08 Å². The van der Waals surface area contributed by atoms with Gasteiger partial charge in [-0.2, -0.15) is 0 Å². The molecule has 0 unspecified atom stereocenters. The molecule has 0 bridgehead atoms. The molecule has 2 aliphatic rings. The van der Waals surface area contributed by atoms with Crippen molar-refractivity contribution >= 4 is 17.9 Å². The number of ether oxygens (including phenoxy) is 1. The zero-order valence-electron chi connectivity index (χ0n) is 14.5. The third-order valence-electron chi connectivity index (χ3n) is 5.21. The molecule has 2 N–H and O–H groups in total. The number of piperidine rings is 1. The number of hydrogen-bond donors (Lipinski definition) is 1. The zero-order valence-corrected chi connectivity index (χ0v) is 14.5. The van der Waals surface area contributed by atoms with E-state index < -0.39 is 5.91 Å². The highest BCUT2D eigenvalue weighted by Gasteiger charge is 2.34. The molecule has 1 aliphatic heterocycles. The minimum atomic E-state index is -0.503. The summed E-state index contributed by atoms with van der Waals surface area (Å²) in [6.07, 6.45) is 10.9. The smallest absolute Gasteiger partial charge is 0.255 e. The van der Waals surface area contributed by atoms with Gasteiger partial charge < -0.3 is 15.4 Å². The Hall–Kier alpha value is -2.30. The number of likely N-dealkylation sites (tertiary alicyclic amines) is 1. The monoisotopic (exact) mass is 342 g/mol. The van der Waals surface area contributed by atoms with Gasteiger partial charge in [0, 0.05) is 18.7 Å². The van der Waals surface area contributed by atoms with E-state index in [-0.39, 0.29) is 12.5 Å². The lowest BCUT2D eigenvalue weighted by Gasteiger charge is -2.43. The van der Waals surface area contributed by atoms with Gasteiger partial charge in [0.15, 0.2) is 6.61 Å². The lowest BCUT2D eigenvalue weighted by Crippen LogP contribution is -2.49. The van der Waals surface area contributed by atoms with Gasteiger partial charge in [-0.3, -0.25) is 9.59 Å². The molecule has 1 heterocycles. The fourth-order valence-electron chi connectivity index (χ4n) is 3.99. The van der Waals surface area contributed by atoms with Gasteiger partial charge >= 0.3 is 0 Å². The molecule has 2 atom stereocenters. The van der Waals surface area contributed by atoms with Crippen LogP contribution in [0.1, 0.15) is 44.1 Å². The molecule has 0 radical (unpaired) electrons. The average molecular weight is 342 g/mol. The van der Waals surface area contributed by atoms with Gasteiger partial charge in [-0.05, 0) is 55.4 Å². The van der Waals surface area contributed by atoms with E-state index in [9.17, 15) is 9.59 Å². The standard InChI is InChI=1S/C20H26N2O3/c21-19(23)14-25-17-10-7-15(8-11-17)9-12-20(24)22-13-3-5-16-4-1-2-6-18(16)22/h7-12,16,18H,1-6,13-14H2,(H2,21,23)/b12-9-/t16-,18-/m0/s1. The fourth-order valence-corrected chi connectivity index (χ4v) is 3.99. The summed E-state index contributed by atoms with van der Waals surface area (Å²) in [7, 11) is 0. The minimum Gasteiger partial charge on any atom is -0.484 e. The van der Waals surface area contributed by atoms with E-state index in [4.69, 9.17) is 10.5 Å². The summed E-state index contributed by atoms with van der Waals surface area (Å²) in [5.74, 6) is 0.896. The predicted octanol–water partition coefficient (Wildman–Crippen LogP) is 2.75. The van der Waals surface area contributed by atoms with Crippen molar-refractivity contribution in [2.24, 2.45) is 11.7 Å². The summed E-state index contributed by atoms with van der Waals surface area (Å²) in [6, 6.07) is 7.69. The first-order valence-corrected chi connectivity index (χ1v) is 9.13. The molecule has 5 heteroatoms. The van der Waals surface area contributed by atoms with Crippen molar-refractivity contribution in [1.29, 1.82) is 0 Å². The van der Waals surface area contributed by atoms with Gasteiger partial charge in [0.05, 0.1) is 0 Å². The maximum Gasteiger partial charge on any atom is 0.255 e. The van der Waals surface area contributed by atoms with Gasteiger partial charge in [0.2, 0.25) is 5.91 Å². The topological polar surface area (TPSA) is 72.6 Å². The normalized spacial score (nSPS) is 23.3. The molecule has 134 valence electrons. The van der Waals surface area contributed by atoms with Crippen molar-refractivity contribution in [3.63, 3.8) is 0 Å². The second-order valence-electron chi connectivity index (χ2n) is 6.94. The number of benzene rings is 1. The van der Waals surface area contributed by atoms with E-state index >= 15 is 0 Å². The Morgan fingerprint density at radius 1 is 1.12 bits per heavy atom. The molecule has 2 amide bonds. The maximum atomic E-state index is 12.6. The van der Waals surface area contributed by atoms with Crippen molar-refractivity contribution in [2.45, 2.75) is 44.6 Å². The highest BCUT2D eigenvalue weighted by molar-refractivity contribution is 5.92. The molecule has 25 heavy (non-hydrogen) atoms. The second-order valence-corrected chi connectivity index (χ2v) is 6.94. The third kappa shape index (κ3) is 4.62. The van der Waals surface area contributed by atoms with E-state index in [0.717, 1.165) is 24.9 Å². The Bertz CT molecular complexity index is 637. The maximum absolute atomic E-state index is 12.6. The summed E-state index contributed by atoms with van der Waals surface area (Å²) in [5, 5.41) is 0. The first-order valence-electron chi connectivity index (χ1n) is 9.13. The summed E-state index contributed by atoms with van der Waals surface area (Å²) in [6.45, 7) is 0.745. The van der Waals surface area contributed by atoms with Crippen molar-refractivity contribution in [2.75, 3.05) is 13.2 Å². The molecule has 1 aromatic rings. The first kappa shape index (κ1) is 17.5. The first-order chi connectivity index (χ1) is 12.1. The van der Waals surface area contributed by atoms with E-state index in [1.54, 1.807) is 18.2 Å². The lowest BCUT2D eigenvalue weighted by molar-refractivity contribution is -0.132. The summed E-state index contributed by atoms with van der Waals surface area (Å²) in [5.41, 5.74) is 5.98. The molecule has 1 aromatic carbocycles. The van der Waals surface area contributed by atoms with Crippen LogP contribution in [0.2, 0.25) is 0 Å². The van der Waals surface area contributed by atoms with E-state index in [1.807, 2.05) is 18.2 Å². The quantitative estimate of drug-likeness (QED) is 0.836. The Labute approximate surface area is 148 Å². The van der Waals surface area contributed by atoms with Crippen molar-refractivity contribution in [3.05, 3.63) is 35.9 Å². The summed E-state index contributed by atoms with van der Waals surface area (Å²) < 4.78 is 5.23. The van der Waals surface area contributed by atoms with Crippen LogP contribution in [0.3, 0.4) is 0 Å². The Morgan fingerprint density at radius 3 is 2.60 bits per heavy atom. The fraction of sp³-hybridized carbons (Fsp3) is 0.500. The number of nitrogens with two attached hydrogens (primary N) is 1. The van der Waals surface area contributed by atoms with Gasteiger partial charge in [-0.1, -0.05) is 25.0 Å². The SMILES string of the molecule is NC(=O)COc1ccc(/C=C\C(=O)N2CCC[C@@H]3CCCC[C@@H]32)cc1. The van der Waals surface area contributed by atoms with E-state index in [2.05, 4.69) is 4.90 Å². The highest BCUT2D eigenvalue weighted by Crippen LogP contribution is 2.35. The summed E-state index contributed by atoms with van der Waals surface area (Å²) in [4.78, 5) is 25.4. The largest absolute Gasteiger partial charge is 0.484 e. The molecule has 2 fully saturated rings. The van der Waals surface area contributed by atoms with Gasteiger partial charge in [0.1, 0.15) is 5.75 Å². The van der Waals surface area contributed by atoms with Crippen LogP contribution < -0.4 is 10.5 Å². The molecule has 3 rings (SSSR count).